The molecule has 0 N–H and O–H groups in total. The zero-order valence-corrected chi connectivity index (χ0v) is 9.08. The average molecular weight is 204 g/mol. The normalized spacial score (nSPS) is 12.7. The van der Waals surface area contributed by atoms with Crippen LogP contribution in [0.25, 0.3) is 0 Å². The van der Waals surface area contributed by atoms with E-state index >= 15 is 0 Å². The van der Waals surface area contributed by atoms with Crippen molar-refractivity contribution in [1.82, 2.24) is 0 Å². The van der Waals surface area contributed by atoms with Gasteiger partial charge < -0.3 is 0 Å². The zero-order chi connectivity index (χ0) is 10.3. The van der Waals surface area contributed by atoms with Crippen molar-refractivity contribution in [3.8, 4) is 0 Å². The van der Waals surface area contributed by atoms with E-state index in [0.29, 0.717) is 5.92 Å². The fourth-order valence-corrected chi connectivity index (χ4v) is 0.996. The zero-order valence-electron chi connectivity index (χ0n) is 8.19. The van der Waals surface area contributed by atoms with Crippen LogP contribution in [0.3, 0.4) is 0 Å². The second-order valence-corrected chi connectivity index (χ2v) is 3.95. The van der Waals surface area contributed by atoms with E-state index in [1.165, 1.54) is 0 Å². The Morgan fingerprint density at radius 2 is 1.92 bits per heavy atom. The summed E-state index contributed by atoms with van der Waals surface area (Å²) in [6.45, 7) is 6.17. The molecule has 1 atom stereocenters. The Hall–Kier alpha value is -0.570. The van der Waals surface area contributed by atoms with E-state index in [2.05, 4.69) is 23.8 Å². The molecule has 13 heavy (non-hydrogen) atoms. The lowest BCUT2D eigenvalue weighted by atomic mass is 10.2. The number of thiol groups is 1. The Kier molecular flexibility index (Phi) is 6.59. The molecule has 4 heteroatoms. The minimum absolute atomic E-state index is 0.0721. The van der Waals surface area contributed by atoms with Crippen LogP contribution in [0.5, 0.6) is 0 Å². The molecule has 0 bridgehead atoms. The van der Waals surface area contributed by atoms with Crippen LogP contribution >= 0.6 is 0 Å². The Morgan fingerprint density at radius 3 is 2.38 bits per heavy atom. The van der Waals surface area contributed by atoms with Gasteiger partial charge in [-0.25, -0.2) is 8.42 Å². The molecule has 0 amide bonds. The van der Waals surface area contributed by atoms with Gasteiger partial charge in [-0.2, -0.15) is 0 Å². The van der Waals surface area contributed by atoms with Crippen LogP contribution in [0.4, 0.5) is 0 Å². The van der Waals surface area contributed by atoms with Gasteiger partial charge in [-0.3, -0.25) is 4.18 Å². The van der Waals surface area contributed by atoms with Gasteiger partial charge in [0.2, 0.25) is 0 Å². The number of rotatable bonds is 5. The number of hydrogen-bond acceptors (Lipinski definition) is 3. The van der Waals surface area contributed by atoms with E-state index in [1.54, 1.807) is 6.08 Å². The summed E-state index contributed by atoms with van der Waals surface area (Å²) in [4.78, 5) is 0. The van der Waals surface area contributed by atoms with Crippen molar-refractivity contribution in [2.75, 3.05) is 6.61 Å². The summed E-state index contributed by atoms with van der Waals surface area (Å²) in [6, 6.07) is 0. The molecule has 0 aliphatic carbocycles. The first kappa shape index (κ1) is 12.4. The quantitative estimate of drug-likeness (QED) is 0.545. The van der Waals surface area contributed by atoms with Crippen molar-refractivity contribution in [2.45, 2.75) is 20.8 Å². The van der Waals surface area contributed by atoms with Crippen LogP contribution in [-0.4, -0.2) is 15.0 Å². The maximum absolute atomic E-state index is 10.1. The molecule has 0 aliphatic heterocycles. The highest BCUT2D eigenvalue weighted by Crippen LogP contribution is 1.98. The van der Waals surface area contributed by atoms with Crippen LogP contribution < -0.4 is 0 Å². The van der Waals surface area contributed by atoms with Crippen molar-refractivity contribution in [2.24, 2.45) is 11.8 Å². The fourth-order valence-electron chi connectivity index (χ4n) is 0.639. The molecular formula is C9H16O3S. The molecule has 0 rings (SSSR count). The van der Waals surface area contributed by atoms with Crippen LogP contribution in [0.2, 0.25) is 0 Å². The molecular weight excluding hydrogens is 188 g/mol. The van der Waals surface area contributed by atoms with E-state index in [0.717, 1.165) is 0 Å². The standard InChI is InChI=1S/C9H16O3S/c1-8(2)5-4-6-9(3)7-12-13(10)11/h5-6,8-9,13H,7H2,1-3H3. The third kappa shape index (κ3) is 9.34. The van der Waals surface area contributed by atoms with Crippen LogP contribution in [0.15, 0.2) is 17.9 Å². The topological polar surface area (TPSA) is 43.4 Å². The maximum atomic E-state index is 10.1. The first-order valence-corrected chi connectivity index (χ1v) is 5.32. The van der Waals surface area contributed by atoms with Gasteiger partial charge in [-0.15, -0.1) is 5.73 Å². The molecule has 3 nitrogen and oxygen atoms in total. The second kappa shape index (κ2) is 6.89. The predicted octanol–water partition coefficient (Wildman–Crippen LogP) is 1.53. The van der Waals surface area contributed by atoms with Crippen molar-refractivity contribution in [1.29, 1.82) is 0 Å². The molecule has 0 aromatic carbocycles. The first-order chi connectivity index (χ1) is 6.02. The minimum Gasteiger partial charge on any atom is -0.272 e. The van der Waals surface area contributed by atoms with Gasteiger partial charge >= 0.3 is 0 Å². The summed E-state index contributed by atoms with van der Waals surface area (Å²) in [5.74, 6) is 0.531. The monoisotopic (exact) mass is 204 g/mol. The van der Waals surface area contributed by atoms with Crippen LogP contribution in [-0.2, 0) is 15.2 Å². The average Bonchev–Trinajstić information content (AvgIpc) is 2.00. The molecule has 0 saturated heterocycles. The van der Waals surface area contributed by atoms with Gasteiger partial charge in [0.25, 0.3) is 11.0 Å². The Labute approximate surface area is 81.3 Å². The molecule has 0 aromatic heterocycles. The highest BCUT2D eigenvalue weighted by molar-refractivity contribution is 7.67. The summed E-state index contributed by atoms with van der Waals surface area (Å²) in [6.07, 6.45) is 3.73. The molecule has 0 radical (unpaired) electrons. The highest BCUT2D eigenvalue weighted by atomic mass is 32.2. The Balaban J connectivity index is 3.86. The largest absolute Gasteiger partial charge is 0.272 e. The van der Waals surface area contributed by atoms with Crippen LogP contribution in [0.1, 0.15) is 20.8 Å². The molecule has 1 unspecified atom stereocenters. The van der Waals surface area contributed by atoms with E-state index in [1.807, 2.05) is 13.0 Å². The molecule has 0 fully saturated rings. The van der Waals surface area contributed by atoms with E-state index in [9.17, 15) is 8.42 Å². The molecule has 0 heterocycles. The van der Waals surface area contributed by atoms with E-state index in [-0.39, 0.29) is 12.5 Å². The molecule has 0 saturated carbocycles. The highest BCUT2D eigenvalue weighted by Gasteiger charge is 1.96. The molecule has 0 aliphatic rings. The smallest absolute Gasteiger partial charge is 0.257 e. The lowest BCUT2D eigenvalue weighted by Gasteiger charge is -1.99. The van der Waals surface area contributed by atoms with Crippen molar-refractivity contribution >= 4 is 11.0 Å². The molecule has 0 aromatic rings. The lowest BCUT2D eigenvalue weighted by molar-refractivity contribution is 0.301. The fraction of sp³-hybridized carbons (Fsp3) is 0.667. The van der Waals surface area contributed by atoms with Crippen LogP contribution in [0, 0.1) is 11.8 Å². The summed E-state index contributed by atoms with van der Waals surface area (Å²) >= 11 is 0. The summed E-state index contributed by atoms with van der Waals surface area (Å²) in [7, 11) is -2.72. The van der Waals surface area contributed by atoms with Gasteiger partial charge in [0, 0.05) is 5.92 Å². The first-order valence-electron chi connectivity index (χ1n) is 4.22. The minimum atomic E-state index is -2.72. The van der Waals surface area contributed by atoms with Gasteiger partial charge in [-0.1, -0.05) is 20.8 Å². The summed E-state index contributed by atoms with van der Waals surface area (Å²) < 4.78 is 24.5. The van der Waals surface area contributed by atoms with E-state index in [4.69, 9.17) is 0 Å². The Morgan fingerprint density at radius 1 is 1.31 bits per heavy atom. The van der Waals surface area contributed by atoms with E-state index < -0.39 is 11.0 Å². The third-order valence-corrected chi connectivity index (χ3v) is 1.61. The van der Waals surface area contributed by atoms with Gasteiger partial charge in [0.05, 0.1) is 6.61 Å². The third-order valence-electron chi connectivity index (χ3n) is 1.25. The van der Waals surface area contributed by atoms with Gasteiger partial charge in [0.15, 0.2) is 0 Å². The van der Waals surface area contributed by atoms with Crippen molar-refractivity contribution < 1.29 is 12.6 Å². The summed E-state index contributed by atoms with van der Waals surface area (Å²) in [5.41, 5.74) is 2.98. The Bertz CT molecular complexity index is 252. The maximum Gasteiger partial charge on any atom is 0.257 e. The van der Waals surface area contributed by atoms with Gasteiger partial charge in [0.1, 0.15) is 0 Å². The number of hydrogen-bond donors (Lipinski definition) is 1. The van der Waals surface area contributed by atoms with Crippen molar-refractivity contribution in [3.63, 3.8) is 0 Å². The predicted molar refractivity (Wildman–Crippen MR) is 52.9 cm³/mol. The lowest BCUT2D eigenvalue weighted by Crippen LogP contribution is -2.01. The van der Waals surface area contributed by atoms with Gasteiger partial charge in [-0.05, 0) is 18.1 Å². The summed E-state index contributed by atoms with van der Waals surface area (Å²) in [5, 5.41) is 0. The second-order valence-electron chi connectivity index (χ2n) is 3.24. The molecule has 76 valence electrons. The SMILES string of the molecule is CC(C)C=C=CC(C)CO[SH](=O)=O. The molecule has 0 spiro atoms. The van der Waals surface area contributed by atoms with Crippen molar-refractivity contribution in [3.05, 3.63) is 17.9 Å².